The van der Waals surface area contributed by atoms with Crippen LogP contribution in [0, 0.1) is 0 Å². The van der Waals surface area contributed by atoms with E-state index in [2.05, 4.69) is 0 Å². The molecule has 0 radical (unpaired) electrons. The van der Waals surface area contributed by atoms with Crippen LogP contribution < -0.4 is 10.2 Å². The molecule has 33 heavy (non-hydrogen) atoms. The molecule has 4 aromatic rings. The second-order valence-corrected chi connectivity index (χ2v) is 8.39. The Bertz CT molecular complexity index is 1380. The Labute approximate surface area is 196 Å². The summed E-state index contributed by atoms with van der Waals surface area (Å²) in [5.41, 5.74) is 2.41. The fourth-order valence-corrected chi connectivity index (χ4v) is 4.55. The number of ether oxygens (including phenoxy) is 1. The number of carbonyl (C=O) groups is 1. The molecule has 5 rings (SSSR count). The second kappa shape index (κ2) is 8.75. The quantitative estimate of drug-likeness (QED) is 0.374. The highest BCUT2D eigenvalue weighted by Gasteiger charge is 2.42. The molecule has 1 aromatic heterocycles. The van der Waals surface area contributed by atoms with Crippen LogP contribution in [0.4, 0.5) is 0 Å². The molecule has 2 heterocycles. The van der Waals surface area contributed by atoms with Crippen LogP contribution in [0.3, 0.4) is 0 Å². The smallest absolute Gasteiger partial charge is 0.290 e. The lowest BCUT2D eigenvalue weighted by Crippen LogP contribution is -2.31. The van der Waals surface area contributed by atoms with Crippen LogP contribution in [0.2, 0.25) is 5.02 Å². The number of halogens is 1. The average Bonchev–Trinajstić information content (AvgIpc) is 3.11. The molecule has 1 aliphatic heterocycles. The van der Waals surface area contributed by atoms with E-state index in [1.54, 1.807) is 23.1 Å². The van der Waals surface area contributed by atoms with Gasteiger partial charge in [-0.05, 0) is 54.8 Å². The van der Waals surface area contributed by atoms with Gasteiger partial charge in [-0.25, -0.2) is 0 Å². The van der Waals surface area contributed by atoms with E-state index in [4.69, 9.17) is 20.8 Å². The van der Waals surface area contributed by atoms with Crippen LogP contribution in [-0.2, 0) is 6.42 Å². The Morgan fingerprint density at radius 3 is 2.48 bits per heavy atom. The zero-order valence-corrected chi connectivity index (χ0v) is 18.8. The number of hydrogen-bond donors (Lipinski definition) is 0. The van der Waals surface area contributed by atoms with Gasteiger partial charge in [-0.15, -0.1) is 0 Å². The van der Waals surface area contributed by atoms with Crippen molar-refractivity contribution < 1.29 is 13.9 Å². The fraction of sp³-hybridized carbons (Fsp3) is 0.185. The van der Waals surface area contributed by atoms with Gasteiger partial charge < -0.3 is 14.1 Å². The molecule has 1 unspecified atom stereocenters. The normalized spacial score (nSPS) is 15.2. The van der Waals surface area contributed by atoms with Crippen LogP contribution in [-0.4, -0.2) is 24.0 Å². The van der Waals surface area contributed by atoms with E-state index >= 15 is 0 Å². The van der Waals surface area contributed by atoms with E-state index in [0.717, 1.165) is 16.9 Å². The van der Waals surface area contributed by atoms with Crippen molar-refractivity contribution in [3.63, 3.8) is 0 Å². The van der Waals surface area contributed by atoms with Crippen LogP contribution in [0.1, 0.15) is 40.2 Å². The lowest BCUT2D eigenvalue weighted by molar-refractivity contribution is 0.0730. The third-order valence-corrected chi connectivity index (χ3v) is 6.15. The number of amides is 1. The van der Waals surface area contributed by atoms with E-state index in [-0.39, 0.29) is 17.1 Å². The zero-order valence-electron chi connectivity index (χ0n) is 18.1. The maximum absolute atomic E-state index is 13.6. The second-order valence-electron chi connectivity index (χ2n) is 7.95. The standard InChI is InChI=1S/C27H22ClNO4/c1-2-32-20-11-8-18(9-12-20)24-23-25(30)21-16-19(28)10-13-22(21)33-26(23)27(31)29(24)15-14-17-6-4-3-5-7-17/h3-13,16,24H,2,14-15H2,1H3. The van der Waals surface area contributed by atoms with Crippen LogP contribution in [0.5, 0.6) is 5.75 Å². The first-order valence-corrected chi connectivity index (χ1v) is 11.3. The van der Waals surface area contributed by atoms with Crippen LogP contribution in [0.15, 0.2) is 82.0 Å². The van der Waals surface area contributed by atoms with Crippen molar-refractivity contribution in [2.24, 2.45) is 0 Å². The Kier molecular flexibility index (Phi) is 5.65. The summed E-state index contributed by atoms with van der Waals surface area (Å²) >= 11 is 6.15. The molecule has 0 aliphatic carbocycles. The minimum Gasteiger partial charge on any atom is -0.494 e. The Hall–Kier alpha value is -3.57. The molecular weight excluding hydrogens is 438 g/mol. The summed E-state index contributed by atoms with van der Waals surface area (Å²) in [4.78, 5) is 28.8. The molecule has 1 atom stereocenters. The van der Waals surface area contributed by atoms with Crippen molar-refractivity contribution in [2.45, 2.75) is 19.4 Å². The highest BCUT2D eigenvalue weighted by atomic mass is 35.5. The van der Waals surface area contributed by atoms with E-state index in [1.165, 1.54) is 0 Å². The SMILES string of the molecule is CCOc1ccc(C2c3c(oc4ccc(Cl)cc4c3=O)C(=O)N2CCc2ccccc2)cc1. The van der Waals surface area contributed by atoms with Gasteiger partial charge in [0.25, 0.3) is 5.91 Å². The third kappa shape index (κ3) is 3.89. The third-order valence-electron chi connectivity index (χ3n) is 5.92. The summed E-state index contributed by atoms with van der Waals surface area (Å²) in [6, 6.07) is 21.8. The van der Waals surface area contributed by atoms with Crippen molar-refractivity contribution in [3.8, 4) is 5.75 Å². The van der Waals surface area contributed by atoms with Gasteiger partial charge in [0.15, 0.2) is 5.43 Å². The average molecular weight is 460 g/mol. The van der Waals surface area contributed by atoms with Crippen molar-refractivity contribution in [1.29, 1.82) is 0 Å². The first-order chi connectivity index (χ1) is 16.1. The van der Waals surface area contributed by atoms with Crippen LogP contribution >= 0.6 is 11.6 Å². The van der Waals surface area contributed by atoms with Crippen molar-refractivity contribution in [1.82, 2.24) is 4.90 Å². The molecule has 0 saturated carbocycles. The molecule has 0 spiro atoms. The largest absolute Gasteiger partial charge is 0.494 e. The number of benzene rings is 3. The van der Waals surface area contributed by atoms with Gasteiger partial charge in [0.1, 0.15) is 11.3 Å². The summed E-state index contributed by atoms with van der Waals surface area (Å²) in [5, 5.41) is 0.813. The first kappa shape index (κ1) is 21.3. The highest BCUT2D eigenvalue weighted by Crippen LogP contribution is 2.39. The van der Waals surface area contributed by atoms with Gasteiger partial charge in [-0.1, -0.05) is 54.1 Å². The Balaban J connectivity index is 1.62. The molecule has 0 fully saturated rings. The number of fused-ring (bicyclic) bond motifs is 2. The van der Waals surface area contributed by atoms with E-state index in [0.29, 0.717) is 41.1 Å². The molecule has 0 N–H and O–H groups in total. The number of rotatable bonds is 6. The van der Waals surface area contributed by atoms with E-state index in [1.807, 2.05) is 61.5 Å². The molecule has 1 amide bonds. The molecule has 0 bridgehead atoms. The molecule has 5 nitrogen and oxygen atoms in total. The molecule has 166 valence electrons. The molecule has 3 aromatic carbocycles. The molecule has 0 saturated heterocycles. The maximum Gasteiger partial charge on any atom is 0.290 e. The van der Waals surface area contributed by atoms with Gasteiger partial charge in [-0.2, -0.15) is 0 Å². The van der Waals surface area contributed by atoms with E-state index in [9.17, 15) is 9.59 Å². The molecule has 6 heteroatoms. The summed E-state index contributed by atoms with van der Waals surface area (Å²) in [6.07, 6.45) is 0.660. The summed E-state index contributed by atoms with van der Waals surface area (Å²) in [6.45, 7) is 2.93. The van der Waals surface area contributed by atoms with Gasteiger partial charge in [0, 0.05) is 11.6 Å². The summed E-state index contributed by atoms with van der Waals surface area (Å²) in [5.74, 6) is 0.550. The number of nitrogens with zero attached hydrogens (tertiary/aromatic N) is 1. The maximum atomic E-state index is 13.6. The topological polar surface area (TPSA) is 59.8 Å². The first-order valence-electron chi connectivity index (χ1n) is 10.9. The highest BCUT2D eigenvalue weighted by molar-refractivity contribution is 6.31. The lowest BCUT2D eigenvalue weighted by atomic mass is 9.98. The van der Waals surface area contributed by atoms with Crippen LogP contribution in [0.25, 0.3) is 11.0 Å². The zero-order chi connectivity index (χ0) is 22.9. The predicted molar refractivity (Wildman–Crippen MR) is 128 cm³/mol. The van der Waals surface area contributed by atoms with Gasteiger partial charge in [0.2, 0.25) is 5.76 Å². The van der Waals surface area contributed by atoms with Gasteiger partial charge >= 0.3 is 0 Å². The van der Waals surface area contributed by atoms with Gasteiger partial charge in [0.05, 0.1) is 23.6 Å². The molecular formula is C27H22ClNO4. The van der Waals surface area contributed by atoms with Crippen molar-refractivity contribution in [3.05, 3.63) is 110 Å². The fourth-order valence-electron chi connectivity index (χ4n) is 4.38. The predicted octanol–water partition coefficient (Wildman–Crippen LogP) is 5.63. The Morgan fingerprint density at radius 1 is 1.00 bits per heavy atom. The number of hydrogen-bond acceptors (Lipinski definition) is 4. The number of carbonyl (C=O) groups excluding carboxylic acids is 1. The monoisotopic (exact) mass is 459 g/mol. The van der Waals surface area contributed by atoms with Gasteiger partial charge in [-0.3, -0.25) is 9.59 Å². The lowest BCUT2D eigenvalue weighted by Gasteiger charge is -2.25. The molecule has 1 aliphatic rings. The summed E-state index contributed by atoms with van der Waals surface area (Å²) < 4.78 is 11.5. The van der Waals surface area contributed by atoms with Crippen molar-refractivity contribution >= 4 is 28.5 Å². The van der Waals surface area contributed by atoms with Crippen molar-refractivity contribution in [2.75, 3.05) is 13.2 Å². The minimum absolute atomic E-state index is 0.0989. The minimum atomic E-state index is -0.550. The Morgan fingerprint density at radius 2 is 1.76 bits per heavy atom. The summed E-state index contributed by atoms with van der Waals surface area (Å²) in [7, 11) is 0. The van der Waals surface area contributed by atoms with E-state index < -0.39 is 6.04 Å².